The molecule has 3 aromatic carbocycles. The van der Waals surface area contributed by atoms with Crippen molar-refractivity contribution in [1.29, 1.82) is 0 Å². The van der Waals surface area contributed by atoms with Crippen molar-refractivity contribution in [1.82, 2.24) is 0 Å². The van der Waals surface area contributed by atoms with Crippen LogP contribution < -0.4 is 0 Å². The topological polar surface area (TPSA) is 57.5 Å². The molecule has 2 N–H and O–H groups in total. The summed E-state index contributed by atoms with van der Waals surface area (Å²) in [5.41, 5.74) is 2.83. The lowest BCUT2D eigenvalue weighted by Gasteiger charge is -2.18. The lowest BCUT2D eigenvalue weighted by Crippen LogP contribution is -2.10. The number of aliphatic hydroxyl groups excluding tert-OH is 1. The number of aromatic hydroxyl groups is 1. The minimum Gasteiger partial charge on any atom is -0.507 e. The van der Waals surface area contributed by atoms with Crippen molar-refractivity contribution in [2.75, 3.05) is 0 Å². The van der Waals surface area contributed by atoms with Crippen LogP contribution in [0, 0.1) is 0 Å². The van der Waals surface area contributed by atoms with E-state index in [0.29, 0.717) is 16.3 Å². The molecule has 1 aliphatic carbocycles. The first kappa shape index (κ1) is 12.7. The number of hydrogen-bond donors (Lipinski definition) is 2. The van der Waals surface area contributed by atoms with Gasteiger partial charge in [0.25, 0.3) is 0 Å². The van der Waals surface area contributed by atoms with Gasteiger partial charge in [-0.2, -0.15) is 0 Å². The van der Waals surface area contributed by atoms with E-state index in [1.807, 2.05) is 42.5 Å². The molecule has 4 rings (SSSR count). The normalized spacial score (nSPS) is 13.3. The van der Waals surface area contributed by atoms with Crippen LogP contribution in [0.1, 0.15) is 15.9 Å². The van der Waals surface area contributed by atoms with Crippen molar-refractivity contribution in [2.24, 2.45) is 0 Å². The largest absolute Gasteiger partial charge is 0.507 e. The molecule has 3 heteroatoms. The molecule has 0 unspecified atom stereocenters. The second kappa shape index (κ2) is 4.46. The Kier molecular flexibility index (Phi) is 2.57. The van der Waals surface area contributed by atoms with Crippen molar-refractivity contribution < 1.29 is 15.0 Å². The predicted molar refractivity (Wildman–Crippen MR) is 86.0 cm³/mol. The van der Waals surface area contributed by atoms with E-state index in [1.165, 1.54) is 6.08 Å². The van der Waals surface area contributed by atoms with Crippen molar-refractivity contribution >= 4 is 22.6 Å². The fourth-order valence-electron chi connectivity index (χ4n) is 3.01. The third-order valence-corrected chi connectivity index (χ3v) is 4.03. The predicted octanol–water partition coefficient (Wildman–Crippen LogP) is 4.31. The van der Waals surface area contributed by atoms with Gasteiger partial charge in [0.2, 0.25) is 5.78 Å². The second-order valence-electron chi connectivity index (χ2n) is 5.31. The molecule has 106 valence electrons. The third kappa shape index (κ3) is 1.66. The van der Waals surface area contributed by atoms with E-state index in [1.54, 1.807) is 12.1 Å². The zero-order valence-corrected chi connectivity index (χ0v) is 11.6. The van der Waals surface area contributed by atoms with Crippen LogP contribution in [0.15, 0.2) is 60.4 Å². The van der Waals surface area contributed by atoms with E-state index in [9.17, 15) is 15.0 Å². The maximum absolute atomic E-state index is 12.5. The Labute approximate surface area is 126 Å². The number of ketones is 1. The van der Waals surface area contributed by atoms with Crippen molar-refractivity contribution in [3.8, 4) is 16.9 Å². The van der Waals surface area contributed by atoms with E-state index < -0.39 is 5.78 Å². The van der Waals surface area contributed by atoms with Crippen molar-refractivity contribution in [2.45, 2.75) is 0 Å². The first-order chi connectivity index (χ1) is 10.7. The summed E-state index contributed by atoms with van der Waals surface area (Å²) >= 11 is 0. The van der Waals surface area contributed by atoms with Crippen molar-refractivity contribution in [3.05, 3.63) is 71.5 Å². The molecular formula is C19H12O3. The summed E-state index contributed by atoms with van der Waals surface area (Å²) in [6.07, 6.45) is 1.45. The number of benzene rings is 3. The number of phenolic OH excluding ortho intramolecular Hbond substituents is 1. The number of carbonyl (C=O) groups excluding carboxylic acids is 1. The fraction of sp³-hybridized carbons (Fsp3) is 0. The molecule has 0 saturated carbocycles. The highest BCUT2D eigenvalue weighted by Gasteiger charge is 2.26. The molecule has 0 fully saturated rings. The Morgan fingerprint density at radius 1 is 0.818 bits per heavy atom. The third-order valence-electron chi connectivity index (χ3n) is 4.03. The van der Waals surface area contributed by atoms with Gasteiger partial charge >= 0.3 is 0 Å². The molecule has 3 nitrogen and oxygen atoms in total. The van der Waals surface area contributed by atoms with Crippen LogP contribution in [0.25, 0.3) is 28.0 Å². The Morgan fingerprint density at radius 2 is 1.59 bits per heavy atom. The van der Waals surface area contributed by atoms with E-state index in [-0.39, 0.29) is 11.5 Å². The molecule has 0 spiro atoms. The molecule has 0 aromatic heterocycles. The van der Waals surface area contributed by atoms with Gasteiger partial charge in [0.05, 0.1) is 0 Å². The number of Topliss-reactive ketones (excluding diaryl/α,β-unsaturated/α-hetero) is 1. The highest BCUT2D eigenvalue weighted by atomic mass is 16.3. The Hall–Kier alpha value is -3.07. The molecular weight excluding hydrogens is 276 g/mol. The lowest BCUT2D eigenvalue weighted by molar-refractivity contribution is 0.0981. The molecule has 3 aromatic rings. The average molecular weight is 288 g/mol. The van der Waals surface area contributed by atoms with Crippen LogP contribution >= 0.6 is 0 Å². The Bertz CT molecular complexity index is 953. The van der Waals surface area contributed by atoms with Gasteiger partial charge in [0.15, 0.2) is 5.76 Å². The first-order valence-corrected chi connectivity index (χ1v) is 6.96. The number of phenols is 1. The zero-order chi connectivity index (χ0) is 15.3. The Morgan fingerprint density at radius 3 is 2.36 bits per heavy atom. The summed E-state index contributed by atoms with van der Waals surface area (Å²) < 4.78 is 0. The standard InChI is InChI=1S/C19H12O3/c20-15-9-6-12-10-16(21)19(22)18-13(7-8-14(15)17(12)18)11-4-2-1-3-5-11/h1-10,20-21H. The summed E-state index contributed by atoms with van der Waals surface area (Å²) in [5, 5.41) is 21.3. The SMILES string of the molecule is O=C1C(O)=Cc2ccc(O)c3ccc(-c4ccccc4)c1c23. The summed E-state index contributed by atoms with van der Waals surface area (Å²) in [6.45, 7) is 0. The van der Waals surface area contributed by atoms with Gasteiger partial charge in [-0.1, -0.05) is 42.5 Å². The minimum absolute atomic E-state index is 0.127. The maximum Gasteiger partial charge on any atom is 0.228 e. The number of hydrogen-bond acceptors (Lipinski definition) is 3. The number of carbonyl (C=O) groups is 1. The highest BCUT2D eigenvalue weighted by molar-refractivity contribution is 6.25. The van der Waals surface area contributed by atoms with E-state index in [4.69, 9.17) is 0 Å². The van der Waals surface area contributed by atoms with Gasteiger partial charge in [0, 0.05) is 16.3 Å². The van der Waals surface area contributed by atoms with E-state index in [2.05, 4.69) is 0 Å². The second-order valence-corrected chi connectivity index (χ2v) is 5.31. The molecule has 0 aliphatic heterocycles. The van der Waals surface area contributed by atoms with Gasteiger partial charge in [-0.25, -0.2) is 0 Å². The number of allylic oxidation sites excluding steroid dienone is 1. The van der Waals surface area contributed by atoms with Crippen LogP contribution in [0.4, 0.5) is 0 Å². The first-order valence-electron chi connectivity index (χ1n) is 6.96. The highest BCUT2D eigenvalue weighted by Crippen LogP contribution is 2.40. The molecule has 0 amide bonds. The maximum atomic E-state index is 12.5. The summed E-state index contributed by atoms with van der Waals surface area (Å²) in [4.78, 5) is 12.5. The Balaban J connectivity index is 2.17. The molecule has 0 radical (unpaired) electrons. The van der Waals surface area contributed by atoms with Crippen LogP contribution in [0.3, 0.4) is 0 Å². The number of aliphatic hydroxyl groups is 1. The van der Waals surface area contributed by atoms with Crippen LogP contribution in [0.2, 0.25) is 0 Å². The van der Waals surface area contributed by atoms with E-state index in [0.717, 1.165) is 16.7 Å². The van der Waals surface area contributed by atoms with Crippen LogP contribution in [-0.2, 0) is 0 Å². The van der Waals surface area contributed by atoms with Crippen LogP contribution in [-0.4, -0.2) is 16.0 Å². The monoisotopic (exact) mass is 288 g/mol. The minimum atomic E-state index is -0.414. The molecule has 0 bridgehead atoms. The zero-order valence-electron chi connectivity index (χ0n) is 11.6. The molecule has 22 heavy (non-hydrogen) atoms. The molecule has 1 aliphatic rings. The van der Waals surface area contributed by atoms with Gasteiger partial charge in [-0.3, -0.25) is 4.79 Å². The molecule has 0 atom stereocenters. The smallest absolute Gasteiger partial charge is 0.228 e. The summed E-state index contributed by atoms with van der Waals surface area (Å²) in [5.74, 6) is -0.562. The van der Waals surface area contributed by atoms with Gasteiger partial charge < -0.3 is 10.2 Å². The van der Waals surface area contributed by atoms with E-state index >= 15 is 0 Å². The fourth-order valence-corrected chi connectivity index (χ4v) is 3.01. The summed E-state index contributed by atoms with van der Waals surface area (Å²) in [7, 11) is 0. The van der Waals surface area contributed by atoms with Crippen molar-refractivity contribution in [3.63, 3.8) is 0 Å². The van der Waals surface area contributed by atoms with Gasteiger partial charge in [0.1, 0.15) is 5.75 Å². The average Bonchev–Trinajstić information content (AvgIpc) is 2.55. The quantitative estimate of drug-likeness (QED) is 0.701. The van der Waals surface area contributed by atoms with Gasteiger partial charge in [-0.15, -0.1) is 0 Å². The lowest BCUT2D eigenvalue weighted by atomic mass is 9.85. The molecule has 0 saturated heterocycles. The van der Waals surface area contributed by atoms with Gasteiger partial charge in [-0.05, 0) is 34.9 Å². The van der Waals surface area contributed by atoms with Crippen LogP contribution in [0.5, 0.6) is 5.75 Å². The molecule has 0 heterocycles. The number of rotatable bonds is 1. The summed E-state index contributed by atoms with van der Waals surface area (Å²) in [6, 6.07) is 16.5.